The van der Waals surface area contributed by atoms with E-state index in [4.69, 9.17) is 26.2 Å². The lowest BCUT2D eigenvalue weighted by Gasteiger charge is -2.38. The number of methoxy groups -OCH3 is 1. The average Bonchev–Trinajstić information content (AvgIpc) is 3.20. The van der Waals surface area contributed by atoms with Crippen molar-refractivity contribution in [3.8, 4) is 11.5 Å². The highest BCUT2D eigenvalue weighted by Gasteiger charge is 2.41. The maximum Gasteiger partial charge on any atom is 0.213 e. The van der Waals surface area contributed by atoms with Crippen LogP contribution in [0, 0.1) is 0 Å². The van der Waals surface area contributed by atoms with Gasteiger partial charge >= 0.3 is 0 Å². The van der Waals surface area contributed by atoms with Crippen molar-refractivity contribution in [2.75, 3.05) is 7.11 Å². The lowest BCUT2D eigenvalue weighted by atomic mass is 9.96. The first kappa shape index (κ1) is 18.5. The van der Waals surface area contributed by atoms with Crippen molar-refractivity contribution in [3.63, 3.8) is 0 Å². The molecule has 29 heavy (non-hydrogen) atoms. The van der Waals surface area contributed by atoms with E-state index in [0.717, 1.165) is 49.8 Å². The van der Waals surface area contributed by atoms with Gasteiger partial charge in [-0.3, -0.25) is 0 Å². The molecule has 2 aliphatic rings. The normalized spacial score (nSPS) is 19.8. The Morgan fingerprint density at radius 1 is 1.07 bits per heavy atom. The highest BCUT2D eigenvalue weighted by Crippen LogP contribution is 2.48. The van der Waals surface area contributed by atoms with Crippen LogP contribution in [0.1, 0.15) is 35.4 Å². The molecule has 5 rings (SSSR count). The predicted molar refractivity (Wildman–Crippen MR) is 118 cm³/mol. The fraction of sp³-hybridized carbons (Fsp3) is 0.174. The van der Waals surface area contributed by atoms with Gasteiger partial charge in [-0.05, 0) is 60.2 Å². The summed E-state index contributed by atoms with van der Waals surface area (Å²) in [5, 5.41) is 7.77. The van der Waals surface area contributed by atoms with Gasteiger partial charge < -0.3 is 9.47 Å². The summed E-state index contributed by atoms with van der Waals surface area (Å²) >= 11 is 9.66. The quantitative estimate of drug-likeness (QED) is 0.448. The Morgan fingerprint density at radius 3 is 2.55 bits per heavy atom. The highest BCUT2D eigenvalue weighted by molar-refractivity contribution is 9.10. The summed E-state index contributed by atoms with van der Waals surface area (Å²) in [6, 6.07) is 22.1. The van der Waals surface area contributed by atoms with Gasteiger partial charge in [-0.25, -0.2) is 5.01 Å². The van der Waals surface area contributed by atoms with Gasteiger partial charge in [0.05, 0.1) is 18.9 Å². The van der Waals surface area contributed by atoms with Crippen LogP contribution in [0.15, 0.2) is 76.3 Å². The fourth-order valence-corrected chi connectivity index (χ4v) is 4.37. The molecule has 0 amide bonds. The lowest BCUT2D eigenvalue weighted by molar-refractivity contribution is -0.0191. The van der Waals surface area contributed by atoms with Gasteiger partial charge in [0.1, 0.15) is 11.5 Å². The van der Waals surface area contributed by atoms with Gasteiger partial charge in [-0.1, -0.05) is 39.7 Å². The van der Waals surface area contributed by atoms with Crippen molar-refractivity contribution >= 4 is 33.2 Å². The van der Waals surface area contributed by atoms with E-state index in [1.165, 1.54) is 0 Å². The van der Waals surface area contributed by atoms with Crippen LogP contribution in [-0.2, 0) is 0 Å². The Bertz CT molecular complexity index is 1080. The lowest BCUT2D eigenvalue weighted by Crippen LogP contribution is -2.33. The minimum absolute atomic E-state index is 0.106. The molecule has 2 atom stereocenters. The molecule has 0 unspecified atom stereocenters. The molecule has 0 fully saturated rings. The second-order valence-corrected chi connectivity index (χ2v) is 8.43. The van der Waals surface area contributed by atoms with Crippen LogP contribution >= 0.6 is 27.5 Å². The molecule has 146 valence electrons. The summed E-state index contributed by atoms with van der Waals surface area (Å²) < 4.78 is 12.7. The minimum atomic E-state index is -0.301. The smallest absolute Gasteiger partial charge is 0.213 e. The number of hydrogen-bond acceptors (Lipinski definition) is 4. The number of rotatable bonds is 3. The first-order valence-corrected chi connectivity index (χ1v) is 10.5. The number of nitrogens with zero attached hydrogens (tertiary/aromatic N) is 2. The van der Waals surface area contributed by atoms with Gasteiger partial charge in [0.15, 0.2) is 0 Å². The van der Waals surface area contributed by atoms with E-state index >= 15 is 0 Å². The monoisotopic (exact) mass is 468 g/mol. The van der Waals surface area contributed by atoms with E-state index in [1.54, 1.807) is 7.11 Å². The first-order valence-electron chi connectivity index (χ1n) is 9.34. The van der Waals surface area contributed by atoms with E-state index in [-0.39, 0.29) is 12.3 Å². The zero-order chi connectivity index (χ0) is 20.0. The first-order chi connectivity index (χ1) is 14.1. The Labute approximate surface area is 182 Å². The van der Waals surface area contributed by atoms with Crippen molar-refractivity contribution in [3.05, 3.63) is 92.9 Å². The van der Waals surface area contributed by atoms with Crippen LogP contribution < -0.4 is 9.47 Å². The van der Waals surface area contributed by atoms with Gasteiger partial charge in [-0.15, -0.1) is 0 Å². The van der Waals surface area contributed by atoms with Crippen LogP contribution in [0.3, 0.4) is 0 Å². The van der Waals surface area contributed by atoms with E-state index < -0.39 is 0 Å². The summed E-state index contributed by atoms with van der Waals surface area (Å²) in [5.41, 5.74) is 4.28. The Balaban J connectivity index is 1.58. The van der Waals surface area contributed by atoms with Crippen LogP contribution in [0.2, 0.25) is 5.02 Å². The number of ether oxygens (including phenoxy) is 2. The fourth-order valence-electron chi connectivity index (χ4n) is 3.86. The predicted octanol–water partition coefficient (Wildman–Crippen LogP) is 6.35. The van der Waals surface area contributed by atoms with Crippen LogP contribution in [0.4, 0.5) is 0 Å². The largest absolute Gasteiger partial charge is 0.497 e. The zero-order valence-corrected chi connectivity index (χ0v) is 18.0. The maximum absolute atomic E-state index is 6.40. The molecule has 3 aromatic carbocycles. The molecule has 0 aliphatic carbocycles. The molecule has 4 nitrogen and oxygen atoms in total. The van der Waals surface area contributed by atoms with Gasteiger partial charge in [0.2, 0.25) is 6.23 Å². The summed E-state index contributed by atoms with van der Waals surface area (Å²) in [6.07, 6.45) is 0.505. The molecular weight excluding hydrogens is 452 g/mol. The SMILES string of the molecule is COc1ccc([C@H]2Oc3ccc(Br)cc3[C@@H]3CC(c4ccc(Cl)cc4)=NN23)cc1. The number of halogens is 2. The standard InChI is InChI=1S/C23H18BrClN2O2/c1-28-18-9-4-15(5-10-18)23-27-21(19-12-16(24)6-11-22(19)29-23)13-20(26-27)14-2-7-17(25)8-3-14/h2-12,21,23H,13H2,1H3/t21-,23+/m0/s1. The molecule has 6 heteroatoms. The van der Waals surface area contributed by atoms with E-state index in [2.05, 4.69) is 27.0 Å². The highest BCUT2D eigenvalue weighted by atomic mass is 79.9. The number of fused-ring (bicyclic) bond motifs is 3. The van der Waals surface area contributed by atoms with Crippen molar-refractivity contribution in [2.45, 2.75) is 18.7 Å². The van der Waals surface area contributed by atoms with E-state index in [9.17, 15) is 0 Å². The van der Waals surface area contributed by atoms with Gasteiger partial charge in [0, 0.05) is 27.0 Å². The molecular formula is C23H18BrClN2O2. The molecule has 0 radical (unpaired) electrons. The third-order valence-corrected chi connectivity index (χ3v) is 6.08. The summed E-state index contributed by atoms with van der Waals surface area (Å²) in [4.78, 5) is 0. The second kappa shape index (κ2) is 7.39. The topological polar surface area (TPSA) is 34.1 Å². The van der Waals surface area contributed by atoms with E-state index in [0.29, 0.717) is 0 Å². The average molecular weight is 470 g/mol. The maximum atomic E-state index is 6.40. The Kier molecular flexibility index (Phi) is 4.72. The molecule has 0 aromatic heterocycles. The van der Waals surface area contributed by atoms with E-state index in [1.807, 2.05) is 60.7 Å². The summed E-state index contributed by atoms with van der Waals surface area (Å²) in [7, 11) is 1.67. The third-order valence-electron chi connectivity index (χ3n) is 5.33. The molecule has 0 spiro atoms. The molecule has 0 saturated heterocycles. The van der Waals surface area contributed by atoms with Crippen molar-refractivity contribution in [1.82, 2.24) is 5.01 Å². The van der Waals surface area contributed by atoms with Crippen molar-refractivity contribution in [1.29, 1.82) is 0 Å². The number of hydrazone groups is 1. The molecule has 0 bridgehead atoms. The minimum Gasteiger partial charge on any atom is -0.497 e. The summed E-state index contributed by atoms with van der Waals surface area (Å²) in [6.45, 7) is 0. The molecule has 3 aromatic rings. The number of hydrogen-bond donors (Lipinski definition) is 0. The third kappa shape index (κ3) is 3.38. The molecule has 2 aliphatic heterocycles. The van der Waals surface area contributed by atoms with Gasteiger partial charge in [-0.2, -0.15) is 5.10 Å². The molecule has 0 saturated carbocycles. The van der Waals surface area contributed by atoms with Crippen molar-refractivity contribution in [2.24, 2.45) is 5.10 Å². The van der Waals surface area contributed by atoms with Crippen LogP contribution in [0.25, 0.3) is 0 Å². The van der Waals surface area contributed by atoms with Crippen molar-refractivity contribution < 1.29 is 9.47 Å². The second-order valence-electron chi connectivity index (χ2n) is 7.08. The molecule has 0 N–H and O–H groups in total. The van der Waals surface area contributed by atoms with Crippen LogP contribution in [-0.4, -0.2) is 17.8 Å². The summed E-state index contributed by atoms with van der Waals surface area (Å²) in [5.74, 6) is 1.71. The molecule has 2 heterocycles. The van der Waals surface area contributed by atoms with Crippen LogP contribution in [0.5, 0.6) is 11.5 Å². The Morgan fingerprint density at radius 2 is 1.83 bits per heavy atom. The van der Waals surface area contributed by atoms with Gasteiger partial charge in [0.25, 0.3) is 0 Å². The zero-order valence-electron chi connectivity index (χ0n) is 15.7. The Hall–Kier alpha value is -2.50. The number of benzene rings is 3.